The SMILES string of the molecule is CC[NH+](CCC(=O)Nc1ccc(OC)cc1OC)Cc1ccccc1. The van der Waals surface area contributed by atoms with Crippen LogP contribution in [0.1, 0.15) is 18.9 Å². The highest BCUT2D eigenvalue weighted by atomic mass is 16.5. The maximum absolute atomic E-state index is 12.3. The second-order valence-corrected chi connectivity index (χ2v) is 5.88. The molecule has 2 N–H and O–H groups in total. The molecular formula is C20H27N2O3+. The van der Waals surface area contributed by atoms with Gasteiger partial charge in [-0.3, -0.25) is 4.79 Å². The number of nitrogens with one attached hydrogen (secondary N) is 2. The molecule has 0 aliphatic rings. The average molecular weight is 343 g/mol. The monoisotopic (exact) mass is 343 g/mol. The number of benzene rings is 2. The van der Waals surface area contributed by atoms with Gasteiger partial charge in [-0.05, 0) is 19.1 Å². The molecule has 0 bridgehead atoms. The Morgan fingerprint density at radius 2 is 1.84 bits per heavy atom. The van der Waals surface area contributed by atoms with Crippen LogP contribution in [-0.2, 0) is 11.3 Å². The van der Waals surface area contributed by atoms with Crippen molar-refractivity contribution in [3.63, 3.8) is 0 Å². The number of rotatable bonds is 9. The van der Waals surface area contributed by atoms with Gasteiger partial charge in [-0.1, -0.05) is 30.3 Å². The third-order valence-electron chi connectivity index (χ3n) is 4.19. The van der Waals surface area contributed by atoms with E-state index in [1.165, 1.54) is 10.5 Å². The van der Waals surface area contributed by atoms with E-state index in [2.05, 4.69) is 24.4 Å². The number of amides is 1. The van der Waals surface area contributed by atoms with Gasteiger partial charge in [0.2, 0.25) is 5.91 Å². The molecule has 0 saturated carbocycles. The number of anilines is 1. The molecular weight excluding hydrogens is 316 g/mol. The van der Waals surface area contributed by atoms with Crippen LogP contribution >= 0.6 is 0 Å². The van der Waals surface area contributed by atoms with Gasteiger partial charge in [0.05, 0.1) is 39.4 Å². The van der Waals surface area contributed by atoms with Crippen LogP contribution in [0.2, 0.25) is 0 Å². The minimum Gasteiger partial charge on any atom is -0.497 e. The first-order chi connectivity index (χ1) is 12.2. The molecule has 0 fully saturated rings. The first kappa shape index (κ1) is 18.8. The molecule has 5 nitrogen and oxygen atoms in total. The van der Waals surface area contributed by atoms with Crippen LogP contribution < -0.4 is 19.7 Å². The number of ether oxygens (including phenoxy) is 2. The summed E-state index contributed by atoms with van der Waals surface area (Å²) in [6.45, 7) is 4.84. The molecule has 0 aliphatic carbocycles. The largest absolute Gasteiger partial charge is 0.497 e. The van der Waals surface area contributed by atoms with Gasteiger partial charge in [-0.2, -0.15) is 0 Å². The summed E-state index contributed by atoms with van der Waals surface area (Å²) in [6.07, 6.45) is 0.463. The quantitative estimate of drug-likeness (QED) is 0.733. The van der Waals surface area contributed by atoms with Gasteiger partial charge in [0.1, 0.15) is 18.0 Å². The van der Waals surface area contributed by atoms with Crippen LogP contribution in [0.15, 0.2) is 48.5 Å². The number of methoxy groups -OCH3 is 2. The summed E-state index contributed by atoms with van der Waals surface area (Å²) in [5.74, 6) is 1.28. The number of hydrogen-bond acceptors (Lipinski definition) is 3. The van der Waals surface area contributed by atoms with E-state index >= 15 is 0 Å². The lowest BCUT2D eigenvalue weighted by Crippen LogP contribution is -3.10. The van der Waals surface area contributed by atoms with Crippen molar-refractivity contribution >= 4 is 11.6 Å². The number of hydrogen-bond donors (Lipinski definition) is 2. The maximum Gasteiger partial charge on any atom is 0.230 e. The zero-order chi connectivity index (χ0) is 18.1. The van der Waals surface area contributed by atoms with Crippen LogP contribution in [0.3, 0.4) is 0 Å². The van der Waals surface area contributed by atoms with E-state index in [1.807, 2.05) is 18.2 Å². The molecule has 1 unspecified atom stereocenters. The summed E-state index contributed by atoms with van der Waals surface area (Å²) in [7, 11) is 3.18. The zero-order valence-electron chi connectivity index (χ0n) is 15.2. The maximum atomic E-state index is 12.3. The Hall–Kier alpha value is -2.53. The van der Waals surface area contributed by atoms with E-state index in [4.69, 9.17) is 9.47 Å². The molecule has 0 heterocycles. The number of carbonyl (C=O) groups is 1. The van der Waals surface area contributed by atoms with Gasteiger partial charge in [-0.25, -0.2) is 0 Å². The molecule has 0 saturated heterocycles. The van der Waals surface area contributed by atoms with Crippen molar-refractivity contribution in [1.82, 2.24) is 0 Å². The number of quaternary nitrogens is 1. The van der Waals surface area contributed by atoms with E-state index in [9.17, 15) is 4.79 Å². The molecule has 2 rings (SSSR count). The fourth-order valence-electron chi connectivity index (χ4n) is 2.68. The van der Waals surface area contributed by atoms with Crippen molar-refractivity contribution in [2.24, 2.45) is 0 Å². The van der Waals surface area contributed by atoms with E-state index in [0.717, 1.165) is 19.6 Å². The summed E-state index contributed by atoms with van der Waals surface area (Å²) < 4.78 is 10.5. The molecule has 2 aromatic carbocycles. The molecule has 2 aromatic rings. The Morgan fingerprint density at radius 3 is 2.48 bits per heavy atom. The number of carbonyl (C=O) groups excluding carboxylic acids is 1. The topological polar surface area (TPSA) is 52.0 Å². The van der Waals surface area contributed by atoms with E-state index < -0.39 is 0 Å². The van der Waals surface area contributed by atoms with Gasteiger partial charge in [0.25, 0.3) is 0 Å². The van der Waals surface area contributed by atoms with Gasteiger partial charge in [-0.15, -0.1) is 0 Å². The Labute approximate surface area is 149 Å². The fourth-order valence-corrected chi connectivity index (χ4v) is 2.68. The van der Waals surface area contributed by atoms with Crippen molar-refractivity contribution in [2.75, 3.05) is 32.6 Å². The summed E-state index contributed by atoms with van der Waals surface area (Å²) in [5, 5.41) is 2.92. The summed E-state index contributed by atoms with van der Waals surface area (Å²) in [4.78, 5) is 13.7. The van der Waals surface area contributed by atoms with Crippen LogP contribution in [0.5, 0.6) is 11.5 Å². The molecule has 5 heteroatoms. The van der Waals surface area contributed by atoms with E-state index in [-0.39, 0.29) is 5.91 Å². The molecule has 1 amide bonds. The van der Waals surface area contributed by atoms with E-state index in [1.54, 1.807) is 32.4 Å². The Balaban J connectivity index is 1.89. The second-order valence-electron chi connectivity index (χ2n) is 5.88. The Bertz CT molecular complexity index is 674. The molecule has 0 aliphatic heterocycles. The van der Waals surface area contributed by atoms with Gasteiger partial charge < -0.3 is 19.7 Å². The lowest BCUT2D eigenvalue weighted by Gasteiger charge is -2.18. The molecule has 134 valence electrons. The van der Waals surface area contributed by atoms with Crippen molar-refractivity contribution in [3.05, 3.63) is 54.1 Å². The predicted molar refractivity (Wildman–Crippen MR) is 99.3 cm³/mol. The molecule has 0 radical (unpaired) electrons. The van der Waals surface area contributed by atoms with Crippen molar-refractivity contribution < 1.29 is 19.2 Å². The Kier molecular flexibility index (Phi) is 7.29. The highest BCUT2D eigenvalue weighted by Crippen LogP contribution is 2.28. The molecule has 0 aromatic heterocycles. The molecule has 1 atom stereocenters. The van der Waals surface area contributed by atoms with Gasteiger partial charge in [0.15, 0.2) is 0 Å². The smallest absolute Gasteiger partial charge is 0.230 e. The lowest BCUT2D eigenvalue weighted by molar-refractivity contribution is -0.911. The average Bonchev–Trinajstić information content (AvgIpc) is 2.66. The standard InChI is InChI=1S/C20H26N2O3/c1-4-22(15-16-8-6-5-7-9-16)13-12-20(23)21-18-11-10-17(24-2)14-19(18)25-3/h5-11,14H,4,12-13,15H2,1-3H3,(H,21,23)/p+1. The first-order valence-corrected chi connectivity index (χ1v) is 8.55. The third kappa shape index (κ3) is 5.80. The normalized spacial score (nSPS) is 11.6. The lowest BCUT2D eigenvalue weighted by atomic mass is 10.2. The zero-order valence-corrected chi connectivity index (χ0v) is 15.2. The summed E-state index contributed by atoms with van der Waals surface area (Å²) >= 11 is 0. The van der Waals surface area contributed by atoms with Gasteiger partial charge in [0, 0.05) is 11.6 Å². The van der Waals surface area contributed by atoms with Crippen LogP contribution in [0.4, 0.5) is 5.69 Å². The second kappa shape index (κ2) is 9.69. The molecule has 25 heavy (non-hydrogen) atoms. The van der Waals surface area contributed by atoms with Crippen LogP contribution in [0, 0.1) is 0 Å². The minimum atomic E-state index is -0.0116. The van der Waals surface area contributed by atoms with Crippen molar-refractivity contribution in [2.45, 2.75) is 19.9 Å². The van der Waals surface area contributed by atoms with Crippen LogP contribution in [-0.4, -0.2) is 33.2 Å². The van der Waals surface area contributed by atoms with Gasteiger partial charge >= 0.3 is 0 Å². The third-order valence-corrected chi connectivity index (χ3v) is 4.19. The van der Waals surface area contributed by atoms with Crippen molar-refractivity contribution in [1.29, 1.82) is 0 Å². The van der Waals surface area contributed by atoms with E-state index in [0.29, 0.717) is 23.6 Å². The summed E-state index contributed by atoms with van der Waals surface area (Å²) in [5.41, 5.74) is 1.95. The summed E-state index contributed by atoms with van der Waals surface area (Å²) in [6, 6.07) is 15.7. The Morgan fingerprint density at radius 1 is 1.08 bits per heavy atom. The minimum absolute atomic E-state index is 0.0116. The first-order valence-electron chi connectivity index (χ1n) is 8.55. The highest BCUT2D eigenvalue weighted by molar-refractivity contribution is 5.92. The predicted octanol–water partition coefficient (Wildman–Crippen LogP) is 2.14. The highest BCUT2D eigenvalue weighted by Gasteiger charge is 2.13. The van der Waals surface area contributed by atoms with Crippen molar-refractivity contribution in [3.8, 4) is 11.5 Å². The molecule has 0 spiro atoms. The fraction of sp³-hybridized carbons (Fsp3) is 0.350. The van der Waals surface area contributed by atoms with Crippen LogP contribution in [0.25, 0.3) is 0 Å².